The number of carbonyl (C=O) groups is 3. The van der Waals surface area contributed by atoms with Gasteiger partial charge >= 0.3 is 11.9 Å². The van der Waals surface area contributed by atoms with Crippen LogP contribution in [0.2, 0.25) is 0 Å². The van der Waals surface area contributed by atoms with Gasteiger partial charge in [-0.25, -0.2) is 9.59 Å². The number of nitrogens with one attached hydrogen (secondary N) is 1. The standard InChI is InChI=1S/C16H20N2O5S/c1-10-3-4-12-13(7-10)23-15(20)9-18(12)8-14(19)17-11(16(21)22)5-6-24-2/h3-4,7,11H,5-6,8-9H2,1-2H3,(H,17,19)(H,21,22). The summed E-state index contributed by atoms with van der Waals surface area (Å²) in [4.78, 5) is 36.7. The van der Waals surface area contributed by atoms with E-state index in [-0.39, 0.29) is 13.1 Å². The lowest BCUT2D eigenvalue weighted by atomic mass is 10.1. The van der Waals surface area contributed by atoms with Crippen LogP contribution in [-0.2, 0) is 14.4 Å². The minimum atomic E-state index is -1.06. The molecule has 0 bridgehead atoms. The van der Waals surface area contributed by atoms with Gasteiger partial charge in [0.05, 0.1) is 12.2 Å². The van der Waals surface area contributed by atoms with Crippen LogP contribution >= 0.6 is 11.8 Å². The van der Waals surface area contributed by atoms with Crippen LogP contribution in [0.1, 0.15) is 12.0 Å². The molecule has 0 radical (unpaired) electrons. The van der Waals surface area contributed by atoms with Crippen LogP contribution in [0.4, 0.5) is 5.69 Å². The van der Waals surface area contributed by atoms with Crippen molar-refractivity contribution >= 4 is 35.3 Å². The Hall–Kier alpha value is -2.22. The number of esters is 1. The minimum absolute atomic E-state index is 0.0496. The fourth-order valence-electron chi connectivity index (χ4n) is 2.41. The molecule has 0 fully saturated rings. The Kier molecular flexibility index (Phi) is 6.08. The van der Waals surface area contributed by atoms with E-state index in [0.717, 1.165) is 5.56 Å². The van der Waals surface area contributed by atoms with Crippen LogP contribution in [-0.4, -0.2) is 54.1 Å². The van der Waals surface area contributed by atoms with Crippen molar-refractivity contribution in [3.63, 3.8) is 0 Å². The molecule has 2 rings (SSSR count). The van der Waals surface area contributed by atoms with Crippen molar-refractivity contribution in [2.24, 2.45) is 0 Å². The number of thioether (sulfide) groups is 1. The second-order valence-electron chi connectivity index (χ2n) is 5.54. The molecule has 1 aliphatic heterocycles. The van der Waals surface area contributed by atoms with E-state index >= 15 is 0 Å². The number of hydrogen-bond acceptors (Lipinski definition) is 6. The number of carbonyl (C=O) groups excluding carboxylic acids is 2. The van der Waals surface area contributed by atoms with Gasteiger partial charge in [0.15, 0.2) is 5.75 Å². The Morgan fingerprint density at radius 1 is 1.46 bits per heavy atom. The zero-order chi connectivity index (χ0) is 17.7. The number of carboxylic acid groups (broad SMARTS) is 1. The van der Waals surface area contributed by atoms with Gasteiger partial charge in [0, 0.05) is 0 Å². The van der Waals surface area contributed by atoms with Gasteiger partial charge in [0.25, 0.3) is 0 Å². The Morgan fingerprint density at radius 3 is 2.88 bits per heavy atom. The number of fused-ring (bicyclic) bond motifs is 1. The maximum Gasteiger partial charge on any atom is 0.331 e. The normalized spacial score (nSPS) is 14.6. The van der Waals surface area contributed by atoms with Gasteiger partial charge in [-0.15, -0.1) is 0 Å². The summed E-state index contributed by atoms with van der Waals surface area (Å²) in [5.74, 6) is -0.902. The van der Waals surface area contributed by atoms with E-state index in [0.29, 0.717) is 23.6 Å². The number of rotatable bonds is 7. The maximum atomic E-state index is 12.2. The van der Waals surface area contributed by atoms with E-state index in [1.54, 1.807) is 17.0 Å². The van der Waals surface area contributed by atoms with Gasteiger partial charge in [0.2, 0.25) is 5.91 Å². The summed E-state index contributed by atoms with van der Waals surface area (Å²) in [5.41, 5.74) is 1.59. The fraction of sp³-hybridized carbons (Fsp3) is 0.438. The highest BCUT2D eigenvalue weighted by molar-refractivity contribution is 7.98. The molecule has 0 saturated heterocycles. The van der Waals surface area contributed by atoms with Crippen molar-refractivity contribution in [1.82, 2.24) is 5.32 Å². The predicted molar refractivity (Wildman–Crippen MR) is 91.6 cm³/mol. The maximum absolute atomic E-state index is 12.2. The lowest BCUT2D eigenvalue weighted by Crippen LogP contribution is -2.48. The van der Waals surface area contributed by atoms with Gasteiger partial charge in [-0.3, -0.25) is 4.79 Å². The number of benzene rings is 1. The van der Waals surface area contributed by atoms with Crippen LogP contribution in [0.25, 0.3) is 0 Å². The minimum Gasteiger partial charge on any atom is -0.480 e. The number of aryl methyl sites for hydroxylation is 1. The average Bonchev–Trinajstić information content (AvgIpc) is 2.50. The summed E-state index contributed by atoms with van der Waals surface area (Å²) in [7, 11) is 0. The van der Waals surface area contributed by atoms with Crippen molar-refractivity contribution < 1.29 is 24.2 Å². The summed E-state index contributed by atoms with van der Waals surface area (Å²) in [6, 6.07) is 4.45. The second-order valence-corrected chi connectivity index (χ2v) is 6.53. The number of hydrogen-bond donors (Lipinski definition) is 2. The van der Waals surface area contributed by atoms with E-state index < -0.39 is 23.9 Å². The van der Waals surface area contributed by atoms with Crippen LogP contribution in [0.3, 0.4) is 0 Å². The molecule has 1 aromatic carbocycles. The predicted octanol–water partition coefficient (Wildman–Crippen LogP) is 1.04. The lowest BCUT2D eigenvalue weighted by molar-refractivity contribution is -0.141. The molecule has 1 atom stereocenters. The molecule has 0 saturated carbocycles. The van der Waals surface area contributed by atoms with E-state index in [1.165, 1.54) is 11.8 Å². The molecule has 1 aromatic rings. The quantitative estimate of drug-likeness (QED) is 0.559. The molecule has 24 heavy (non-hydrogen) atoms. The first-order chi connectivity index (χ1) is 11.4. The summed E-state index contributed by atoms with van der Waals surface area (Å²) in [5, 5.41) is 11.7. The first kappa shape index (κ1) is 18.1. The van der Waals surface area contributed by atoms with Crippen molar-refractivity contribution in [3.05, 3.63) is 23.8 Å². The SMILES string of the molecule is CSCCC(NC(=O)CN1CC(=O)Oc2cc(C)ccc21)C(=O)O. The first-order valence-electron chi connectivity index (χ1n) is 7.48. The Bertz CT molecular complexity index is 649. The molecular formula is C16H20N2O5S. The molecule has 7 nitrogen and oxygen atoms in total. The van der Waals surface area contributed by atoms with Gasteiger partial charge in [-0.2, -0.15) is 11.8 Å². The van der Waals surface area contributed by atoms with Crippen LogP contribution < -0.4 is 15.0 Å². The van der Waals surface area contributed by atoms with Gasteiger partial charge < -0.3 is 20.1 Å². The van der Waals surface area contributed by atoms with E-state index in [2.05, 4.69) is 5.32 Å². The number of carboxylic acids is 1. The van der Waals surface area contributed by atoms with Crippen molar-refractivity contribution in [1.29, 1.82) is 0 Å². The molecular weight excluding hydrogens is 332 g/mol. The van der Waals surface area contributed by atoms with Crippen LogP contribution in [0, 0.1) is 6.92 Å². The average molecular weight is 352 g/mol. The third kappa shape index (κ3) is 4.64. The molecule has 2 N–H and O–H groups in total. The lowest BCUT2D eigenvalue weighted by Gasteiger charge is -2.29. The zero-order valence-corrected chi connectivity index (χ0v) is 14.4. The monoisotopic (exact) mass is 352 g/mol. The van der Waals surface area contributed by atoms with Crippen LogP contribution in [0.15, 0.2) is 18.2 Å². The number of nitrogens with zero attached hydrogens (tertiary/aromatic N) is 1. The molecule has 130 valence electrons. The van der Waals surface area contributed by atoms with E-state index in [1.807, 2.05) is 19.2 Å². The van der Waals surface area contributed by atoms with E-state index in [9.17, 15) is 19.5 Å². The smallest absolute Gasteiger partial charge is 0.331 e. The molecule has 1 aliphatic rings. The zero-order valence-electron chi connectivity index (χ0n) is 13.6. The fourth-order valence-corrected chi connectivity index (χ4v) is 2.88. The highest BCUT2D eigenvalue weighted by Crippen LogP contribution is 2.32. The number of amides is 1. The Balaban J connectivity index is 2.06. The number of anilines is 1. The van der Waals surface area contributed by atoms with Crippen molar-refractivity contribution in [3.8, 4) is 5.75 Å². The van der Waals surface area contributed by atoms with Gasteiger partial charge in [-0.1, -0.05) is 6.07 Å². The summed E-state index contributed by atoms with van der Waals surface area (Å²) >= 11 is 1.52. The molecule has 1 amide bonds. The topological polar surface area (TPSA) is 95.9 Å². The third-order valence-electron chi connectivity index (χ3n) is 3.58. The number of aliphatic carboxylic acids is 1. The molecule has 0 aromatic heterocycles. The largest absolute Gasteiger partial charge is 0.480 e. The molecule has 0 spiro atoms. The highest BCUT2D eigenvalue weighted by Gasteiger charge is 2.27. The van der Waals surface area contributed by atoms with Gasteiger partial charge in [-0.05, 0) is 43.0 Å². The summed E-state index contributed by atoms with van der Waals surface area (Å²) < 4.78 is 5.19. The molecule has 1 heterocycles. The Morgan fingerprint density at radius 2 is 2.21 bits per heavy atom. The number of ether oxygens (including phenoxy) is 1. The Labute approximate surface area is 144 Å². The van der Waals surface area contributed by atoms with Crippen molar-refractivity contribution in [2.75, 3.05) is 30.0 Å². The molecule has 1 unspecified atom stereocenters. The summed E-state index contributed by atoms with van der Waals surface area (Å²) in [6.45, 7) is 1.73. The second kappa shape index (κ2) is 8.05. The highest BCUT2D eigenvalue weighted by atomic mass is 32.2. The van der Waals surface area contributed by atoms with Gasteiger partial charge in [0.1, 0.15) is 12.6 Å². The van der Waals surface area contributed by atoms with Crippen LogP contribution in [0.5, 0.6) is 5.75 Å². The summed E-state index contributed by atoms with van der Waals surface area (Å²) in [6.07, 6.45) is 2.22. The van der Waals surface area contributed by atoms with E-state index in [4.69, 9.17) is 4.74 Å². The molecule has 0 aliphatic carbocycles. The van der Waals surface area contributed by atoms with Crippen molar-refractivity contribution in [2.45, 2.75) is 19.4 Å². The molecule has 8 heteroatoms. The first-order valence-corrected chi connectivity index (χ1v) is 8.87. The third-order valence-corrected chi connectivity index (χ3v) is 4.22.